The molecule has 162 valence electrons. The molecule has 0 bridgehead atoms. The van der Waals surface area contributed by atoms with Gasteiger partial charge >= 0.3 is 0 Å². The van der Waals surface area contributed by atoms with Crippen molar-refractivity contribution >= 4 is 35.4 Å². The predicted octanol–water partition coefficient (Wildman–Crippen LogP) is 3.14. The van der Waals surface area contributed by atoms with Crippen LogP contribution in [0.1, 0.15) is 28.8 Å². The van der Waals surface area contributed by atoms with Crippen molar-refractivity contribution in [3.63, 3.8) is 0 Å². The van der Waals surface area contributed by atoms with E-state index in [2.05, 4.69) is 10.6 Å². The van der Waals surface area contributed by atoms with Crippen molar-refractivity contribution in [1.82, 2.24) is 15.5 Å². The van der Waals surface area contributed by atoms with E-state index in [4.69, 9.17) is 11.6 Å². The minimum Gasteiger partial charge on any atom is -0.354 e. The number of hydrogen-bond donors (Lipinski definition) is 2. The number of amides is 3. The van der Waals surface area contributed by atoms with Crippen LogP contribution in [0.2, 0.25) is 5.02 Å². The molecule has 0 spiro atoms. The van der Waals surface area contributed by atoms with E-state index in [1.807, 2.05) is 30.3 Å². The number of nitrogens with one attached hydrogen (secondary N) is 2. The van der Waals surface area contributed by atoms with Crippen LogP contribution in [0.25, 0.3) is 6.08 Å². The molecule has 1 fully saturated rings. The molecule has 0 atom stereocenters. The Morgan fingerprint density at radius 2 is 1.58 bits per heavy atom. The fourth-order valence-electron chi connectivity index (χ4n) is 3.45. The second-order valence-electron chi connectivity index (χ2n) is 7.37. The van der Waals surface area contributed by atoms with Gasteiger partial charge in [-0.05, 0) is 36.6 Å². The first kappa shape index (κ1) is 22.6. The van der Waals surface area contributed by atoms with Crippen LogP contribution in [-0.2, 0) is 9.59 Å². The number of halogens is 1. The first-order chi connectivity index (χ1) is 15.0. The fourth-order valence-corrected chi connectivity index (χ4v) is 3.67. The van der Waals surface area contributed by atoms with Gasteiger partial charge in [0.2, 0.25) is 11.8 Å². The average molecular weight is 440 g/mol. The Balaban J connectivity index is 1.35. The molecule has 1 aliphatic heterocycles. The van der Waals surface area contributed by atoms with Crippen molar-refractivity contribution in [2.45, 2.75) is 12.8 Å². The van der Waals surface area contributed by atoms with E-state index in [-0.39, 0.29) is 23.6 Å². The third-order valence-corrected chi connectivity index (χ3v) is 5.55. The molecule has 6 nitrogen and oxygen atoms in total. The SMILES string of the molecule is O=C(NCCNC(=O)C1CCN(C(=O)/C=C/c2ccccc2)CC1)c1ccccc1Cl. The van der Waals surface area contributed by atoms with Crippen molar-refractivity contribution in [3.8, 4) is 0 Å². The van der Waals surface area contributed by atoms with Crippen LogP contribution in [0.5, 0.6) is 0 Å². The molecule has 0 unspecified atom stereocenters. The van der Waals surface area contributed by atoms with E-state index in [1.165, 1.54) is 0 Å². The van der Waals surface area contributed by atoms with E-state index in [9.17, 15) is 14.4 Å². The van der Waals surface area contributed by atoms with Gasteiger partial charge in [-0.1, -0.05) is 54.1 Å². The number of carbonyl (C=O) groups is 3. The van der Waals surface area contributed by atoms with Crippen molar-refractivity contribution < 1.29 is 14.4 Å². The highest BCUT2D eigenvalue weighted by Gasteiger charge is 2.26. The number of likely N-dealkylation sites (tertiary alicyclic amines) is 1. The molecule has 3 rings (SSSR count). The quantitative estimate of drug-likeness (QED) is 0.514. The Bertz CT molecular complexity index is 938. The zero-order chi connectivity index (χ0) is 22.1. The lowest BCUT2D eigenvalue weighted by atomic mass is 9.96. The summed E-state index contributed by atoms with van der Waals surface area (Å²) in [4.78, 5) is 38.6. The highest BCUT2D eigenvalue weighted by Crippen LogP contribution is 2.18. The maximum absolute atomic E-state index is 12.4. The molecule has 2 aromatic carbocycles. The van der Waals surface area contributed by atoms with Gasteiger partial charge in [0.05, 0.1) is 10.6 Å². The molecule has 1 saturated heterocycles. The third-order valence-electron chi connectivity index (χ3n) is 5.22. The van der Waals surface area contributed by atoms with Gasteiger partial charge < -0.3 is 15.5 Å². The van der Waals surface area contributed by atoms with Gasteiger partial charge in [0.1, 0.15) is 0 Å². The van der Waals surface area contributed by atoms with Crippen molar-refractivity contribution in [2.24, 2.45) is 5.92 Å². The van der Waals surface area contributed by atoms with Crippen LogP contribution < -0.4 is 10.6 Å². The molecule has 2 aromatic rings. The van der Waals surface area contributed by atoms with Gasteiger partial charge in [-0.2, -0.15) is 0 Å². The summed E-state index contributed by atoms with van der Waals surface area (Å²) in [6.07, 6.45) is 4.64. The third kappa shape index (κ3) is 6.69. The number of nitrogens with zero attached hydrogens (tertiary/aromatic N) is 1. The Labute approximate surface area is 187 Å². The molecule has 0 aliphatic carbocycles. The summed E-state index contributed by atoms with van der Waals surface area (Å²) in [6.45, 7) is 1.77. The van der Waals surface area contributed by atoms with Gasteiger partial charge in [-0.15, -0.1) is 0 Å². The van der Waals surface area contributed by atoms with Crippen molar-refractivity contribution in [2.75, 3.05) is 26.2 Å². The van der Waals surface area contributed by atoms with E-state index < -0.39 is 0 Å². The van der Waals surface area contributed by atoms with Crippen LogP contribution in [-0.4, -0.2) is 48.8 Å². The van der Waals surface area contributed by atoms with Crippen molar-refractivity contribution in [3.05, 3.63) is 76.8 Å². The first-order valence-corrected chi connectivity index (χ1v) is 10.7. The van der Waals surface area contributed by atoms with Gasteiger partial charge in [-0.25, -0.2) is 0 Å². The number of carbonyl (C=O) groups excluding carboxylic acids is 3. The summed E-state index contributed by atoms with van der Waals surface area (Å²) in [6, 6.07) is 16.5. The number of benzene rings is 2. The van der Waals surface area contributed by atoms with E-state index in [0.717, 1.165) is 5.56 Å². The van der Waals surface area contributed by atoms with Gasteiger partial charge in [0.15, 0.2) is 0 Å². The smallest absolute Gasteiger partial charge is 0.252 e. The standard InChI is InChI=1S/C24H26ClN3O3/c25-21-9-5-4-8-20(21)24(31)27-15-14-26-23(30)19-12-16-28(17-13-19)22(29)11-10-18-6-2-1-3-7-18/h1-11,19H,12-17H2,(H,26,30)(H,27,31)/b11-10+. The number of rotatable bonds is 7. The molecule has 3 amide bonds. The van der Waals surface area contributed by atoms with E-state index in [1.54, 1.807) is 41.3 Å². The molecule has 0 aromatic heterocycles. The summed E-state index contributed by atoms with van der Waals surface area (Å²) < 4.78 is 0. The molecule has 1 heterocycles. The lowest BCUT2D eigenvalue weighted by Crippen LogP contribution is -2.44. The normalized spacial score (nSPS) is 14.4. The molecule has 7 heteroatoms. The van der Waals surface area contributed by atoms with Crippen LogP contribution >= 0.6 is 11.6 Å². The second kappa shape index (κ2) is 11.3. The monoisotopic (exact) mass is 439 g/mol. The van der Waals surface area contributed by atoms with E-state index in [0.29, 0.717) is 49.6 Å². The second-order valence-corrected chi connectivity index (χ2v) is 7.78. The molecular weight excluding hydrogens is 414 g/mol. The van der Waals surface area contributed by atoms with Crippen LogP contribution in [0, 0.1) is 5.92 Å². The molecule has 31 heavy (non-hydrogen) atoms. The predicted molar refractivity (Wildman–Crippen MR) is 122 cm³/mol. The maximum atomic E-state index is 12.4. The average Bonchev–Trinajstić information content (AvgIpc) is 2.81. The fraction of sp³-hybridized carbons (Fsp3) is 0.292. The zero-order valence-electron chi connectivity index (χ0n) is 17.2. The van der Waals surface area contributed by atoms with Gasteiger partial charge in [0.25, 0.3) is 5.91 Å². The summed E-state index contributed by atoms with van der Waals surface area (Å²) >= 11 is 6.01. The number of hydrogen-bond acceptors (Lipinski definition) is 3. The molecule has 0 saturated carbocycles. The lowest BCUT2D eigenvalue weighted by molar-refractivity contribution is -0.132. The summed E-state index contributed by atoms with van der Waals surface area (Å²) in [5.41, 5.74) is 1.39. The van der Waals surface area contributed by atoms with E-state index >= 15 is 0 Å². The minimum absolute atomic E-state index is 0.0370. The Morgan fingerprint density at radius 3 is 2.29 bits per heavy atom. The van der Waals surface area contributed by atoms with Crippen LogP contribution in [0.15, 0.2) is 60.7 Å². The lowest BCUT2D eigenvalue weighted by Gasteiger charge is -2.30. The Kier molecular flexibility index (Phi) is 8.24. The molecule has 1 aliphatic rings. The summed E-state index contributed by atoms with van der Waals surface area (Å²) in [5, 5.41) is 6.00. The first-order valence-electron chi connectivity index (χ1n) is 10.4. The highest BCUT2D eigenvalue weighted by molar-refractivity contribution is 6.33. The van der Waals surface area contributed by atoms with Crippen LogP contribution in [0.4, 0.5) is 0 Å². The topological polar surface area (TPSA) is 78.5 Å². The van der Waals surface area contributed by atoms with Gasteiger partial charge in [-0.3, -0.25) is 14.4 Å². The molecule has 0 radical (unpaired) electrons. The molecule has 2 N–H and O–H groups in total. The minimum atomic E-state index is -0.268. The molecular formula is C24H26ClN3O3. The zero-order valence-corrected chi connectivity index (χ0v) is 18.0. The Morgan fingerprint density at radius 1 is 0.935 bits per heavy atom. The largest absolute Gasteiger partial charge is 0.354 e. The van der Waals surface area contributed by atoms with Crippen molar-refractivity contribution in [1.29, 1.82) is 0 Å². The summed E-state index contributed by atoms with van der Waals surface area (Å²) in [5.74, 6) is -0.472. The number of piperidine rings is 1. The van der Waals surface area contributed by atoms with Gasteiger partial charge in [0, 0.05) is 38.2 Å². The highest BCUT2D eigenvalue weighted by atomic mass is 35.5. The Hall–Kier alpha value is -3.12. The summed E-state index contributed by atoms with van der Waals surface area (Å²) in [7, 11) is 0. The maximum Gasteiger partial charge on any atom is 0.252 e. The van der Waals surface area contributed by atoms with Crippen LogP contribution in [0.3, 0.4) is 0 Å².